The number of piperidine rings is 1. The first-order valence-electron chi connectivity index (χ1n) is 8.99. The van der Waals surface area contributed by atoms with Crippen molar-refractivity contribution in [3.63, 3.8) is 0 Å². The molecule has 26 heavy (non-hydrogen) atoms. The van der Waals surface area contributed by atoms with Crippen molar-refractivity contribution < 1.29 is 13.5 Å². The van der Waals surface area contributed by atoms with Gasteiger partial charge >= 0.3 is 6.61 Å². The Morgan fingerprint density at radius 1 is 1.31 bits per heavy atom. The summed E-state index contributed by atoms with van der Waals surface area (Å²) in [7, 11) is 1.70. The summed E-state index contributed by atoms with van der Waals surface area (Å²) in [5.41, 5.74) is 0.560. The van der Waals surface area contributed by atoms with E-state index in [1.54, 1.807) is 13.1 Å². The SMILES string of the molecule is CN=C(NCc1cc(Cl)ccc1OC(F)F)NC1CCN(C2CC2)CC1. The Labute approximate surface area is 157 Å². The van der Waals surface area contributed by atoms with Crippen LogP contribution in [0, 0.1) is 0 Å². The highest BCUT2D eigenvalue weighted by Gasteiger charge is 2.31. The minimum atomic E-state index is -2.87. The highest BCUT2D eigenvalue weighted by atomic mass is 35.5. The van der Waals surface area contributed by atoms with Crippen molar-refractivity contribution in [2.24, 2.45) is 4.99 Å². The Bertz CT molecular complexity index is 632. The molecule has 2 N–H and O–H groups in total. The number of benzene rings is 1. The van der Waals surface area contributed by atoms with E-state index in [1.165, 1.54) is 25.0 Å². The second-order valence-electron chi connectivity index (χ2n) is 6.74. The maximum absolute atomic E-state index is 12.6. The molecule has 8 heteroatoms. The van der Waals surface area contributed by atoms with Crippen molar-refractivity contribution in [1.82, 2.24) is 15.5 Å². The normalized spacial score (nSPS) is 19.7. The van der Waals surface area contributed by atoms with Gasteiger partial charge in [0.05, 0.1) is 0 Å². The van der Waals surface area contributed by atoms with Gasteiger partial charge in [-0.25, -0.2) is 0 Å². The van der Waals surface area contributed by atoms with Crippen LogP contribution in [0.1, 0.15) is 31.2 Å². The molecule has 1 aliphatic heterocycles. The summed E-state index contributed by atoms with van der Waals surface area (Å²) in [6.07, 6.45) is 4.83. The van der Waals surface area contributed by atoms with Gasteiger partial charge in [0.25, 0.3) is 0 Å². The summed E-state index contributed by atoms with van der Waals surface area (Å²) in [5, 5.41) is 7.05. The van der Waals surface area contributed by atoms with Crippen LogP contribution >= 0.6 is 11.6 Å². The zero-order valence-electron chi connectivity index (χ0n) is 14.9. The average Bonchev–Trinajstić information content (AvgIpc) is 3.46. The molecule has 0 bridgehead atoms. The Balaban J connectivity index is 1.52. The first-order valence-corrected chi connectivity index (χ1v) is 9.37. The topological polar surface area (TPSA) is 48.9 Å². The standard InChI is InChI=1S/C18H25ClF2N4O/c1-22-18(24-14-6-8-25(9-7-14)15-3-4-15)23-11-12-10-13(19)2-5-16(12)26-17(20)21/h2,5,10,14-15,17H,3-4,6-9,11H2,1H3,(H2,22,23,24). The van der Waals surface area contributed by atoms with Crippen molar-refractivity contribution in [2.45, 2.75) is 50.9 Å². The van der Waals surface area contributed by atoms with Crippen LogP contribution in [-0.4, -0.2) is 49.7 Å². The Kier molecular flexibility index (Phi) is 6.53. The third-order valence-electron chi connectivity index (χ3n) is 4.84. The number of nitrogens with one attached hydrogen (secondary N) is 2. The van der Waals surface area contributed by atoms with Crippen LogP contribution in [0.15, 0.2) is 23.2 Å². The van der Waals surface area contributed by atoms with E-state index in [0.29, 0.717) is 29.1 Å². The summed E-state index contributed by atoms with van der Waals surface area (Å²) in [6, 6.07) is 5.78. The predicted octanol–water partition coefficient (Wildman–Crippen LogP) is 3.23. The van der Waals surface area contributed by atoms with Gasteiger partial charge < -0.3 is 20.3 Å². The molecule has 0 radical (unpaired) electrons. The van der Waals surface area contributed by atoms with Crippen molar-refractivity contribution in [2.75, 3.05) is 20.1 Å². The molecule has 1 saturated heterocycles. The molecule has 1 saturated carbocycles. The highest BCUT2D eigenvalue weighted by molar-refractivity contribution is 6.30. The minimum absolute atomic E-state index is 0.116. The van der Waals surface area contributed by atoms with Gasteiger partial charge in [-0.1, -0.05) is 11.6 Å². The summed E-state index contributed by atoms with van der Waals surface area (Å²) in [4.78, 5) is 6.80. The molecule has 0 unspecified atom stereocenters. The molecule has 2 aliphatic rings. The lowest BCUT2D eigenvalue weighted by Crippen LogP contribution is -2.48. The molecule has 0 amide bonds. The van der Waals surface area contributed by atoms with Gasteiger partial charge in [0.1, 0.15) is 5.75 Å². The van der Waals surface area contributed by atoms with Crippen molar-refractivity contribution in [1.29, 1.82) is 0 Å². The van der Waals surface area contributed by atoms with Crippen molar-refractivity contribution in [3.05, 3.63) is 28.8 Å². The fourth-order valence-electron chi connectivity index (χ4n) is 3.31. The van der Waals surface area contributed by atoms with Gasteiger partial charge in [-0.05, 0) is 43.9 Å². The molecular formula is C18H25ClF2N4O. The molecule has 1 aromatic rings. The van der Waals surface area contributed by atoms with E-state index >= 15 is 0 Å². The monoisotopic (exact) mass is 386 g/mol. The summed E-state index contributed by atoms with van der Waals surface area (Å²) in [5.74, 6) is 0.767. The number of guanidine groups is 1. The molecule has 1 heterocycles. The summed E-state index contributed by atoms with van der Waals surface area (Å²) in [6.45, 7) is -0.354. The van der Waals surface area contributed by atoms with E-state index in [9.17, 15) is 8.78 Å². The van der Waals surface area contributed by atoms with Crippen LogP contribution in [0.4, 0.5) is 8.78 Å². The molecule has 1 aromatic carbocycles. The zero-order valence-corrected chi connectivity index (χ0v) is 15.6. The fourth-order valence-corrected chi connectivity index (χ4v) is 3.51. The molecule has 0 spiro atoms. The molecular weight excluding hydrogens is 362 g/mol. The lowest BCUT2D eigenvalue weighted by molar-refractivity contribution is -0.0504. The number of alkyl halides is 2. The maximum Gasteiger partial charge on any atom is 0.387 e. The van der Waals surface area contributed by atoms with E-state index in [4.69, 9.17) is 11.6 Å². The number of hydrogen-bond donors (Lipinski definition) is 2. The van der Waals surface area contributed by atoms with Crippen LogP contribution in [0.25, 0.3) is 0 Å². The summed E-state index contributed by atoms with van der Waals surface area (Å²) >= 11 is 5.98. The van der Waals surface area contributed by atoms with E-state index < -0.39 is 6.61 Å². The average molecular weight is 387 g/mol. The lowest BCUT2D eigenvalue weighted by Gasteiger charge is -2.33. The van der Waals surface area contributed by atoms with Crippen LogP contribution < -0.4 is 15.4 Å². The Morgan fingerprint density at radius 3 is 2.65 bits per heavy atom. The molecule has 2 fully saturated rings. The smallest absolute Gasteiger partial charge is 0.387 e. The number of likely N-dealkylation sites (tertiary alicyclic amines) is 1. The quantitative estimate of drug-likeness (QED) is 0.582. The van der Waals surface area contributed by atoms with Crippen molar-refractivity contribution in [3.8, 4) is 5.75 Å². The largest absolute Gasteiger partial charge is 0.434 e. The van der Waals surface area contributed by atoms with Gasteiger partial charge in [0, 0.05) is 49.4 Å². The van der Waals surface area contributed by atoms with Gasteiger partial charge in [-0.15, -0.1) is 0 Å². The summed E-state index contributed by atoms with van der Waals surface area (Å²) < 4.78 is 29.7. The lowest BCUT2D eigenvalue weighted by atomic mass is 10.1. The van der Waals surface area contributed by atoms with Gasteiger partial charge in [0.2, 0.25) is 0 Å². The van der Waals surface area contributed by atoms with Crippen LogP contribution in [0.2, 0.25) is 5.02 Å². The number of nitrogens with zero attached hydrogens (tertiary/aromatic N) is 2. The first-order chi connectivity index (χ1) is 12.5. The van der Waals surface area contributed by atoms with Gasteiger partial charge in [-0.2, -0.15) is 8.78 Å². The third-order valence-corrected chi connectivity index (χ3v) is 5.08. The van der Waals surface area contributed by atoms with E-state index in [1.807, 2.05) is 0 Å². The van der Waals surface area contributed by atoms with E-state index in [0.717, 1.165) is 32.0 Å². The fraction of sp³-hybridized carbons (Fsp3) is 0.611. The molecule has 3 rings (SSSR count). The maximum atomic E-state index is 12.6. The molecule has 0 aromatic heterocycles. The van der Waals surface area contributed by atoms with Gasteiger partial charge in [-0.3, -0.25) is 4.99 Å². The zero-order chi connectivity index (χ0) is 18.5. The number of aliphatic imine (C=N–C) groups is 1. The first kappa shape index (κ1) is 19.2. The number of rotatable bonds is 6. The van der Waals surface area contributed by atoms with E-state index in [-0.39, 0.29) is 5.75 Å². The molecule has 1 aliphatic carbocycles. The second-order valence-corrected chi connectivity index (χ2v) is 7.18. The predicted molar refractivity (Wildman–Crippen MR) is 99.0 cm³/mol. The molecule has 144 valence electrons. The second kappa shape index (κ2) is 8.86. The Hall–Kier alpha value is -1.60. The third kappa shape index (κ3) is 5.45. The van der Waals surface area contributed by atoms with Gasteiger partial charge in [0.15, 0.2) is 5.96 Å². The molecule has 0 atom stereocenters. The highest BCUT2D eigenvalue weighted by Crippen LogP contribution is 2.29. The minimum Gasteiger partial charge on any atom is -0.434 e. The van der Waals surface area contributed by atoms with Crippen LogP contribution in [0.5, 0.6) is 5.75 Å². The van der Waals surface area contributed by atoms with Crippen LogP contribution in [-0.2, 0) is 6.54 Å². The molecule has 5 nitrogen and oxygen atoms in total. The Morgan fingerprint density at radius 2 is 2.04 bits per heavy atom. The van der Waals surface area contributed by atoms with Crippen LogP contribution in [0.3, 0.4) is 0 Å². The van der Waals surface area contributed by atoms with E-state index in [2.05, 4.69) is 25.3 Å². The van der Waals surface area contributed by atoms with Crippen molar-refractivity contribution >= 4 is 17.6 Å². The number of ether oxygens (including phenoxy) is 1. The number of halogens is 3. The number of hydrogen-bond acceptors (Lipinski definition) is 3.